The quantitative estimate of drug-likeness (QED) is 0.812. The lowest BCUT2D eigenvalue weighted by Gasteiger charge is -2.33. The number of halogens is 9. The van der Waals surface area contributed by atoms with E-state index in [0.717, 1.165) is 0 Å². The first-order chi connectivity index (χ1) is 8.42. The number of rotatable bonds is 3. The molecule has 0 amide bonds. The molecular weight excluding hydrogens is 299 g/mol. The summed E-state index contributed by atoms with van der Waals surface area (Å²) in [4.78, 5) is 2.13. The van der Waals surface area contributed by atoms with Gasteiger partial charge < -0.3 is 10.5 Å². The van der Waals surface area contributed by atoms with Crippen molar-refractivity contribution in [2.75, 3.05) is 0 Å². The molecule has 0 aromatic rings. The number of ether oxygens (including phenoxy) is 1. The minimum atomic E-state index is -6.00. The maximum atomic E-state index is 12.5. The van der Waals surface area contributed by atoms with Crippen LogP contribution in [0, 0.1) is 0 Å². The summed E-state index contributed by atoms with van der Waals surface area (Å²) >= 11 is 0. The molecule has 0 bridgehead atoms. The molecule has 0 aromatic carbocycles. The summed E-state index contributed by atoms with van der Waals surface area (Å²) in [6.07, 6.45) is -19.1. The summed E-state index contributed by atoms with van der Waals surface area (Å²) in [5, 5.41) is 0. The number of hydrogen-bond acceptors (Lipinski definition) is 3. The second-order valence-electron chi connectivity index (χ2n) is 3.49. The highest BCUT2D eigenvalue weighted by Crippen LogP contribution is 2.49. The van der Waals surface area contributed by atoms with Gasteiger partial charge in [0.05, 0.1) is 0 Å². The minimum absolute atomic E-state index is 2.13. The highest BCUT2D eigenvalue weighted by Gasteiger charge is 2.75. The number of alkyl halides is 9. The van der Waals surface area contributed by atoms with Crippen molar-refractivity contribution in [1.29, 1.82) is 0 Å². The highest BCUT2D eigenvalue weighted by atomic mass is 19.4. The summed E-state index contributed by atoms with van der Waals surface area (Å²) in [6.45, 7) is 0. The lowest BCUT2D eigenvalue weighted by Crippen LogP contribution is -2.62. The predicted molar refractivity (Wildman–Crippen MR) is 42.2 cm³/mol. The number of nitrogens with zero attached hydrogens (tertiary/aromatic N) is 1. The zero-order chi connectivity index (χ0) is 15.2. The lowest BCUT2D eigenvalue weighted by atomic mass is 10.0. The molecule has 19 heavy (non-hydrogen) atoms. The highest BCUT2D eigenvalue weighted by molar-refractivity contribution is 5.92. The molecule has 1 aliphatic rings. The summed E-state index contributed by atoms with van der Waals surface area (Å²) in [6, 6.07) is 0. The van der Waals surface area contributed by atoms with Crippen LogP contribution in [-0.4, -0.2) is 42.6 Å². The third-order valence-corrected chi connectivity index (χ3v) is 2.35. The van der Waals surface area contributed by atoms with Crippen molar-refractivity contribution in [2.24, 2.45) is 10.7 Å². The summed E-state index contributed by atoms with van der Waals surface area (Å²) in [5.74, 6) is -2.17. The Morgan fingerprint density at radius 2 is 1.37 bits per heavy atom. The van der Waals surface area contributed by atoms with Crippen molar-refractivity contribution >= 4 is 5.84 Å². The average molecular weight is 304 g/mol. The maximum absolute atomic E-state index is 12.5. The van der Waals surface area contributed by atoms with Gasteiger partial charge in [0.15, 0.2) is 0 Å². The summed E-state index contributed by atoms with van der Waals surface area (Å²) < 4.78 is 116. The molecule has 1 rings (SSSR count). The predicted octanol–water partition coefficient (Wildman–Crippen LogP) is 2.17. The molecule has 0 aliphatic carbocycles. The Hall–Kier alpha value is -1.20. The van der Waals surface area contributed by atoms with Crippen LogP contribution in [0.4, 0.5) is 39.5 Å². The van der Waals surface area contributed by atoms with E-state index in [-0.39, 0.29) is 0 Å². The van der Waals surface area contributed by atoms with Crippen LogP contribution >= 0.6 is 0 Å². The minimum Gasteiger partial charge on any atom is -0.384 e. The van der Waals surface area contributed by atoms with Gasteiger partial charge in [0, 0.05) is 0 Å². The summed E-state index contributed by atoms with van der Waals surface area (Å²) in [5.41, 5.74) is -4.63. The van der Waals surface area contributed by atoms with E-state index in [9.17, 15) is 39.5 Å². The van der Waals surface area contributed by atoms with Crippen molar-refractivity contribution < 1.29 is 44.3 Å². The second-order valence-corrected chi connectivity index (χ2v) is 3.49. The Balaban J connectivity index is 3.41. The van der Waals surface area contributed by atoms with Gasteiger partial charge >= 0.3 is 6.18 Å². The molecule has 2 N–H and O–H groups in total. The fraction of sp³-hybridized carbons (Fsp3) is 0.857. The first-order valence-corrected chi connectivity index (χ1v) is 4.39. The molecule has 0 saturated carbocycles. The fourth-order valence-electron chi connectivity index (χ4n) is 1.37. The van der Waals surface area contributed by atoms with Crippen LogP contribution in [0.1, 0.15) is 0 Å². The maximum Gasteiger partial charge on any atom is 0.430 e. The number of hydrogen-bond donors (Lipinski definition) is 1. The second kappa shape index (κ2) is 4.42. The molecule has 0 fully saturated rings. The first-order valence-electron chi connectivity index (χ1n) is 4.39. The van der Waals surface area contributed by atoms with Crippen LogP contribution in [0.2, 0.25) is 0 Å². The smallest absolute Gasteiger partial charge is 0.384 e. The molecule has 12 heteroatoms. The van der Waals surface area contributed by atoms with E-state index in [1.54, 1.807) is 0 Å². The zero-order valence-electron chi connectivity index (χ0n) is 8.57. The van der Waals surface area contributed by atoms with Gasteiger partial charge in [-0.1, -0.05) is 0 Å². The van der Waals surface area contributed by atoms with Gasteiger partial charge in [0.25, 0.3) is 30.6 Å². The van der Waals surface area contributed by atoms with Crippen LogP contribution < -0.4 is 5.73 Å². The normalized spacial score (nSPS) is 27.5. The number of nitrogens with two attached hydrogens (primary N) is 1. The molecule has 1 unspecified atom stereocenters. The van der Waals surface area contributed by atoms with E-state index in [1.807, 2.05) is 0 Å². The monoisotopic (exact) mass is 304 g/mol. The van der Waals surface area contributed by atoms with E-state index in [1.165, 1.54) is 0 Å². The summed E-state index contributed by atoms with van der Waals surface area (Å²) in [7, 11) is 0. The van der Waals surface area contributed by atoms with E-state index in [2.05, 4.69) is 15.5 Å². The van der Waals surface area contributed by atoms with Crippen LogP contribution in [0.15, 0.2) is 4.99 Å². The van der Waals surface area contributed by atoms with E-state index >= 15 is 0 Å². The van der Waals surface area contributed by atoms with E-state index < -0.39 is 42.6 Å². The zero-order valence-corrected chi connectivity index (χ0v) is 8.57. The number of aliphatic imine (C=N–C) groups is 1. The Kier molecular flexibility index (Phi) is 3.69. The largest absolute Gasteiger partial charge is 0.430 e. The van der Waals surface area contributed by atoms with Crippen LogP contribution in [0.3, 0.4) is 0 Å². The van der Waals surface area contributed by atoms with Gasteiger partial charge in [-0.2, -0.15) is 13.2 Å². The molecule has 1 heterocycles. The van der Waals surface area contributed by atoms with Gasteiger partial charge in [-0.15, -0.1) is 0 Å². The third-order valence-electron chi connectivity index (χ3n) is 2.35. The number of amidine groups is 1. The van der Waals surface area contributed by atoms with Crippen LogP contribution in [0.5, 0.6) is 0 Å². The molecular formula is C7H5F9N2O. The fourth-order valence-corrected chi connectivity index (χ4v) is 1.37. The Labute approximate surface area is 98.8 Å². The molecule has 0 spiro atoms. The molecule has 0 aromatic heterocycles. The topological polar surface area (TPSA) is 47.6 Å². The van der Waals surface area contributed by atoms with Gasteiger partial charge in [0.1, 0.15) is 5.84 Å². The SMILES string of the molecule is NC1=NC(C(F)F)(C(F)F)OC1(C(F)F)C(F)(F)F. The van der Waals surface area contributed by atoms with Gasteiger partial charge in [-0.25, -0.2) is 31.3 Å². The van der Waals surface area contributed by atoms with Crippen molar-refractivity contribution in [3.05, 3.63) is 0 Å². The first kappa shape index (κ1) is 15.9. The van der Waals surface area contributed by atoms with Gasteiger partial charge in [0.2, 0.25) is 0 Å². The lowest BCUT2D eigenvalue weighted by molar-refractivity contribution is -0.332. The van der Waals surface area contributed by atoms with Crippen molar-refractivity contribution in [2.45, 2.75) is 36.8 Å². The average Bonchev–Trinajstić information content (AvgIpc) is 2.53. The molecule has 112 valence electrons. The Morgan fingerprint density at radius 3 is 1.53 bits per heavy atom. The third kappa shape index (κ3) is 2.01. The van der Waals surface area contributed by atoms with E-state index in [4.69, 9.17) is 0 Å². The molecule has 0 radical (unpaired) electrons. The van der Waals surface area contributed by atoms with Gasteiger partial charge in [-0.05, 0) is 0 Å². The molecule has 1 atom stereocenters. The van der Waals surface area contributed by atoms with Crippen LogP contribution in [0.25, 0.3) is 0 Å². The van der Waals surface area contributed by atoms with Crippen molar-refractivity contribution in [3.63, 3.8) is 0 Å². The van der Waals surface area contributed by atoms with Crippen molar-refractivity contribution in [3.8, 4) is 0 Å². The standard InChI is InChI=1S/C7H5F9N2O/c8-1(9)5(7(14,15)16)4(17)18-6(19-5,2(10)11)3(12)13/h1-3H,(H2,17,18). The molecule has 0 saturated heterocycles. The van der Waals surface area contributed by atoms with E-state index in [0.29, 0.717) is 0 Å². The molecule has 3 nitrogen and oxygen atoms in total. The Bertz CT molecular complexity index is 371. The van der Waals surface area contributed by atoms with Crippen molar-refractivity contribution in [1.82, 2.24) is 0 Å². The van der Waals surface area contributed by atoms with Gasteiger partial charge in [-0.3, -0.25) is 0 Å². The molecule has 1 aliphatic heterocycles. The Morgan fingerprint density at radius 1 is 0.947 bits per heavy atom. The van der Waals surface area contributed by atoms with Crippen LogP contribution in [-0.2, 0) is 4.74 Å².